The summed E-state index contributed by atoms with van der Waals surface area (Å²) < 4.78 is 0. The molecule has 6 nitrogen and oxygen atoms in total. The molecule has 0 aromatic heterocycles. The summed E-state index contributed by atoms with van der Waals surface area (Å²) in [5.41, 5.74) is 1.76. The molecule has 0 amide bonds. The molecular weight excluding hydrogens is 360 g/mol. The highest BCUT2D eigenvalue weighted by molar-refractivity contribution is 5.67. The van der Waals surface area contributed by atoms with Crippen LogP contribution in [0.25, 0.3) is 0 Å². The third-order valence-electron chi connectivity index (χ3n) is 4.87. The van der Waals surface area contributed by atoms with Crippen LogP contribution in [0.4, 0.5) is 0 Å². The molecule has 162 valence electrons. The fraction of sp³-hybridized carbons (Fsp3) is 0.682. The molecule has 0 fully saturated rings. The molecule has 0 heterocycles. The molecule has 0 aromatic carbocycles. The maximum absolute atomic E-state index is 11.0. The summed E-state index contributed by atoms with van der Waals surface area (Å²) >= 11 is 0. The number of hydrogen-bond acceptors (Lipinski definition) is 5. The van der Waals surface area contributed by atoms with Gasteiger partial charge in [-0.25, -0.2) is 0 Å². The lowest BCUT2D eigenvalue weighted by Crippen LogP contribution is -2.41. The van der Waals surface area contributed by atoms with Crippen LogP contribution >= 0.6 is 0 Å². The Labute approximate surface area is 168 Å². The first-order chi connectivity index (χ1) is 13.0. The van der Waals surface area contributed by atoms with Gasteiger partial charge in [0.25, 0.3) is 0 Å². The Morgan fingerprint density at radius 3 is 2.04 bits per heavy atom. The number of carboxylic acid groups (broad SMARTS) is 1. The van der Waals surface area contributed by atoms with Crippen LogP contribution in [0.3, 0.4) is 0 Å². The van der Waals surface area contributed by atoms with Crippen molar-refractivity contribution in [3.05, 3.63) is 34.9 Å². The van der Waals surface area contributed by atoms with Crippen molar-refractivity contribution < 1.29 is 30.3 Å². The van der Waals surface area contributed by atoms with E-state index in [0.29, 0.717) is 6.42 Å². The topological polar surface area (TPSA) is 118 Å². The summed E-state index contributed by atoms with van der Waals surface area (Å²) in [5, 5.41) is 47.6. The molecule has 0 aliphatic carbocycles. The highest BCUT2D eigenvalue weighted by Gasteiger charge is 2.34. The minimum Gasteiger partial charge on any atom is -0.481 e. The smallest absolute Gasteiger partial charge is 0.303 e. The number of allylic oxidation sites excluding steroid dienone is 3. The van der Waals surface area contributed by atoms with Crippen LogP contribution < -0.4 is 0 Å². The molecule has 2 atom stereocenters. The average molecular weight is 399 g/mol. The number of rotatable bonds is 14. The van der Waals surface area contributed by atoms with Gasteiger partial charge in [-0.05, 0) is 65.4 Å². The lowest BCUT2D eigenvalue weighted by atomic mass is 9.81. The van der Waals surface area contributed by atoms with E-state index in [0.717, 1.165) is 36.8 Å². The van der Waals surface area contributed by atoms with Gasteiger partial charge in [0.05, 0.1) is 31.3 Å². The van der Waals surface area contributed by atoms with Gasteiger partial charge in [0, 0.05) is 5.92 Å². The Balaban J connectivity index is 4.55. The van der Waals surface area contributed by atoms with E-state index < -0.39 is 23.6 Å². The molecule has 0 radical (unpaired) electrons. The van der Waals surface area contributed by atoms with Gasteiger partial charge in [0.1, 0.15) is 0 Å². The molecule has 0 saturated heterocycles. The SMILES string of the molecule is CC(=CCCC(=CCO)CO)CCC=C(C)CC(O)C(CC(=O)O)C(C)(C)O. The molecular formula is C22H38O6. The number of carboxylic acids is 1. The first kappa shape index (κ1) is 26.5. The second-order valence-electron chi connectivity index (χ2n) is 8.01. The Hall–Kier alpha value is -1.47. The molecule has 0 aliphatic heterocycles. The minimum absolute atomic E-state index is 0.0365. The quantitative estimate of drug-likeness (QED) is 0.287. The van der Waals surface area contributed by atoms with Crippen LogP contribution in [0.2, 0.25) is 0 Å². The first-order valence-electron chi connectivity index (χ1n) is 9.84. The second kappa shape index (κ2) is 13.7. The third-order valence-corrected chi connectivity index (χ3v) is 4.87. The average Bonchev–Trinajstić information content (AvgIpc) is 2.57. The zero-order valence-corrected chi connectivity index (χ0v) is 17.7. The van der Waals surface area contributed by atoms with Gasteiger partial charge < -0.3 is 25.5 Å². The van der Waals surface area contributed by atoms with Gasteiger partial charge in [0.2, 0.25) is 0 Å². The monoisotopic (exact) mass is 398 g/mol. The molecule has 0 aromatic rings. The summed E-state index contributed by atoms with van der Waals surface area (Å²) in [7, 11) is 0. The lowest BCUT2D eigenvalue weighted by molar-refractivity contribution is -0.143. The predicted molar refractivity (Wildman–Crippen MR) is 111 cm³/mol. The summed E-state index contributed by atoms with van der Waals surface area (Å²) in [6.45, 7) is 6.89. The Kier molecular flexibility index (Phi) is 12.9. The van der Waals surface area contributed by atoms with Crippen molar-refractivity contribution in [3.8, 4) is 0 Å². The van der Waals surface area contributed by atoms with Crippen molar-refractivity contribution in [2.24, 2.45) is 5.92 Å². The Bertz CT molecular complexity index is 554. The van der Waals surface area contributed by atoms with Crippen LogP contribution in [0, 0.1) is 5.92 Å². The summed E-state index contributed by atoms with van der Waals surface area (Å²) in [5.74, 6) is -1.77. The molecule has 6 heteroatoms. The molecule has 0 bridgehead atoms. The lowest BCUT2D eigenvalue weighted by Gasteiger charge is -2.32. The largest absolute Gasteiger partial charge is 0.481 e. The number of aliphatic hydroxyl groups excluding tert-OH is 3. The van der Waals surface area contributed by atoms with Crippen LogP contribution in [0.5, 0.6) is 0 Å². The van der Waals surface area contributed by atoms with E-state index >= 15 is 0 Å². The highest BCUT2D eigenvalue weighted by Crippen LogP contribution is 2.27. The van der Waals surface area contributed by atoms with Crippen LogP contribution in [0.15, 0.2) is 34.9 Å². The van der Waals surface area contributed by atoms with Gasteiger partial charge in [-0.15, -0.1) is 0 Å². The van der Waals surface area contributed by atoms with Gasteiger partial charge in [-0.3, -0.25) is 4.79 Å². The van der Waals surface area contributed by atoms with E-state index in [9.17, 15) is 15.0 Å². The van der Waals surface area contributed by atoms with E-state index in [1.165, 1.54) is 19.4 Å². The number of carbonyl (C=O) groups is 1. The van der Waals surface area contributed by atoms with Crippen molar-refractivity contribution in [2.75, 3.05) is 13.2 Å². The summed E-state index contributed by atoms with van der Waals surface area (Å²) in [6.07, 6.45) is 8.13. The maximum Gasteiger partial charge on any atom is 0.303 e. The van der Waals surface area contributed by atoms with Gasteiger partial charge in [0.15, 0.2) is 0 Å². The molecule has 2 unspecified atom stereocenters. The predicted octanol–water partition coefficient (Wildman–Crippen LogP) is 2.96. The summed E-state index contributed by atoms with van der Waals surface area (Å²) in [4.78, 5) is 11.0. The van der Waals surface area contributed by atoms with Crippen molar-refractivity contribution in [2.45, 2.75) is 77.9 Å². The number of hydrogen-bond donors (Lipinski definition) is 5. The molecule has 0 aliphatic rings. The van der Waals surface area contributed by atoms with E-state index in [-0.39, 0.29) is 19.6 Å². The molecule has 5 N–H and O–H groups in total. The Morgan fingerprint density at radius 1 is 0.964 bits per heavy atom. The first-order valence-corrected chi connectivity index (χ1v) is 9.84. The normalized spacial score (nSPS) is 16.2. The van der Waals surface area contributed by atoms with Crippen molar-refractivity contribution in [1.29, 1.82) is 0 Å². The second-order valence-corrected chi connectivity index (χ2v) is 8.01. The maximum atomic E-state index is 11.0. The summed E-state index contributed by atoms with van der Waals surface area (Å²) in [6, 6.07) is 0. The van der Waals surface area contributed by atoms with Gasteiger partial charge in [-0.2, -0.15) is 0 Å². The zero-order chi connectivity index (χ0) is 21.7. The zero-order valence-electron chi connectivity index (χ0n) is 17.7. The number of aliphatic carboxylic acids is 1. The van der Waals surface area contributed by atoms with E-state index in [1.807, 2.05) is 19.9 Å². The standard InChI is InChI=1S/C22H38O6/c1-16(8-6-10-18(15-24)11-12-23)7-5-9-17(2)13-20(25)19(14-21(26)27)22(3,4)28/h8-9,11,19-20,23-25,28H,5-7,10,12-15H2,1-4H3,(H,26,27). The molecule has 0 spiro atoms. The van der Waals surface area contributed by atoms with Gasteiger partial charge in [-0.1, -0.05) is 29.4 Å². The number of aliphatic hydroxyl groups is 4. The fourth-order valence-electron chi connectivity index (χ4n) is 3.13. The van der Waals surface area contributed by atoms with E-state index in [1.54, 1.807) is 6.08 Å². The van der Waals surface area contributed by atoms with Crippen molar-refractivity contribution in [3.63, 3.8) is 0 Å². The third kappa shape index (κ3) is 12.1. The highest BCUT2D eigenvalue weighted by atomic mass is 16.4. The van der Waals surface area contributed by atoms with E-state index in [2.05, 4.69) is 6.08 Å². The molecule has 0 rings (SSSR count). The van der Waals surface area contributed by atoms with Crippen LogP contribution in [0.1, 0.15) is 66.2 Å². The van der Waals surface area contributed by atoms with Crippen LogP contribution in [-0.4, -0.2) is 56.4 Å². The Morgan fingerprint density at radius 2 is 1.54 bits per heavy atom. The van der Waals surface area contributed by atoms with E-state index in [4.69, 9.17) is 15.3 Å². The van der Waals surface area contributed by atoms with Gasteiger partial charge >= 0.3 is 5.97 Å². The fourth-order valence-corrected chi connectivity index (χ4v) is 3.13. The molecule has 28 heavy (non-hydrogen) atoms. The van der Waals surface area contributed by atoms with Crippen molar-refractivity contribution >= 4 is 5.97 Å². The van der Waals surface area contributed by atoms with Crippen LogP contribution in [-0.2, 0) is 4.79 Å². The van der Waals surface area contributed by atoms with Crippen molar-refractivity contribution in [1.82, 2.24) is 0 Å². The molecule has 0 saturated carbocycles. The minimum atomic E-state index is -1.27.